The van der Waals surface area contributed by atoms with Gasteiger partial charge in [0.2, 0.25) is 5.91 Å². The van der Waals surface area contributed by atoms with Gasteiger partial charge in [-0.25, -0.2) is 8.42 Å². The van der Waals surface area contributed by atoms with Crippen molar-refractivity contribution in [3.63, 3.8) is 0 Å². The molecule has 2 aromatic carbocycles. The van der Waals surface area contributed by atoms with Crippen molar-refractivity contribution in [1.29, 1.82) is 0 Å². The van der Waals surface area contributed by atoms with E-state index < -0.39 is 9.84 Å². The minimum atomic E-state index is -3.10. The van der Waals surface area contributed by atoms with Crippen molar-refractivity contribution >= 4 is 21.4 Å². The molecule has 6 heteroatoms. The Morgan fingerprint density at radius 2 is 1.77 bits per heavy atom. The molecule has 1 unspecified atom stereocenters. The molecular formula is C20H26N2O3S. The molecular weight excluding hydrogens is 348 g/mol. The summed E-state index contributed by atoms with van der Waals surface area (Å²) >= 11 is 0. The van der Waals surface area contributed by atoms with Crippen LogP contribution in [0.1, 0.15) is 30.0 Å². The Morgan fingerprint density at radius 1 is 1.08 bits per heavy atom. The first-order valence-corrected chi connectivity index (χ1v) is 10.6. The van der Waals surface area contributed by atoms with Gasteiger partial charge >= 0.3 is 0 Å². The number of carbonyl (C=O) groups is 1. The Labute approximate surface area is 156 Å². The maximum atomic E-state index is 12.3. The molecule has 0 heterocycles. The van der Waals surface area contributed by atoms with Gasteiger partial charge in [-0.3, -0.25) is 4.79 Å². The topological polar surface area (TPSA) is 66.5 Å². The van der Waals surface area contributed by atoms with E-state index in [9.17, 15) is 13.2 Å². The van der Waals surface area contributed by atoms with E-state index in [-0.39, 0.29) is 17.7 Å². The van der Waals surface area contributed by atoms with E-state index in [0.29, 0.717) is 24.1 Å². The van der Waals surface area contributed by atoms with Gasteiger partial charge in [0, 0.05) is 24.4 Å². The lowest BCUT2D eigenvalue weighted by atomic mass is 10.0. The zero-order valence-corrected chi connectivity index (χ0v) is 16.3. The summed E-state index contributed by atoms with van der Waals surface area (Å²) in [6.07, 6.45) is 2.28. The lowest BCUT2D eigenvalue weighted by Crippen LogP contribution is -2.22. The Morgan fingerprint density at radius 3 is 2.38 bits per heavy atom. The Kier molecular flexibility index (Phi) is 6.94. The molecule has 0 radical (unpaired) electrons. The number of hydrogen-bond donors (Lipinski definition) is 1. The van der Waals surface area contributed by atoms with Gasteiger partial charge in [0.1, 0.15) is 0 Å². The number of benzene rings is 2. The van der Waals surface area contributed by atoms with Crippen LogP contribution in [-0.2, 0) is 20.4 Å². The number of nitrogens with zero attached hydrogens (tertiary/aromatic N) is 1. The van der Waals surface area contributed by atoms with Crippen LogP contribution < -0.4 is 5.32 Å². The smallest absolute Gasteiger partial charge is 0.224 e. The minimum Gasteiger partial charge on any atom is -0.326 e. The highest BCUT2D eigenvalue weighted by atomic mass is 32.2. The van der Waals surface area contributed by atoms with Crippen LogP contribution in [0.3, 0.4) is 0 Å². The van der Waals surface area contributed by atoms with Crippen LogP contribution in [0.4, 0.5) is 5.69 Å². The zero-order chi connectivity index (χ0) is 19.2. The molecule has 0 spiro atoms. The van der Waals surface area contributed by atoms with E-state index in [2.05, 4.69) is 22.3 Å². The SMILES string of the molecule is CN(C)C(CCC(=O)Nc1cccc(CS(C)(=O)=O)c1)c1ccccc1. The molecule has 0 aromatic heterocycles. The number of carbonyl (C=O) groups excluding carboxylic acids is 1. The third-order valence-corrected chi connectivity index (χ3v) is 4.95. The second-order valence-electron chi connectivity index (χ2n) is 6.75. The molecule has 0 saturated carbocycles. The summed E-state index contributed by atoms with van der Waals surface area (Å²) in [4.78, 5) is 14.4. The highest BCUT2D eigenvalue weighted by molar-refractivity contribution is 7.89. The van der Waals surface area contributed by atoms with E-state index in [1.54, 1.807) is 24.3 Å². The summed E-state index contributed by atoms with van der Waals surface area (Å²) in [5.41, 5.74) is 2.47. The Hall–Kier alpha value is -2.18. The fourth-order valence-electron chi connectivity index (χ4n) is 2.93. The van der Waals surface area contributed by atoms with Gasteiger partial charge in [0.05, 0.1) is 5.75 Å². The largest absolute Gasteiger partial charge is 0.326 e. The maximum absolute atomic E-state index is 12.3. The van der Waals surface area contributed by atoms with Crippen molar-refractivity contribution in [2.75, 3.05) is 25.7 Å². The van der Waals surface area contributed by atoms with Gasteiger partial charge in [0.15, 0.2) is 9.84 Å². The molecule has 0 fully saturated rings. The monoisotopic (exact) mass is 374 g/mol. The van der Waals surface area contributed by atoms with Gasteiger partial charge in [-0.15, -0.1) is 0 Å². The van der Waals surface area contributed by atoms with Crippen LogP contribution in [0.2, 0.25) is 0 Å². The fourth-order valence-corrected chi connectivity index (χ4v) is 3.72. The van der Waals surface area contributed by atoms with Gasteiger partial charge in [-0.1, -0.05) is 42.5 Å². The molecule has 0 bridgehead atoms. The predicted molar refractivity (Wildman–Crippen MR) is 106 cm³/mol. The van der Waals surface area contributed by atoms with Crippen LogP contribution in [-0.4, -0.2) is 39.6 Å². The van der Waals surface area contributed by atoms with E-state index >= 15 is 0 Å². The van der Waals surface area contributed by atoms with Crippen molar-refractivity contribution < 1.29 is 13.2 Å². The van der Waals surface area contributed by atoms with Crippen LogP contribution >= 0.6 is 0 Å². The highest BCUT2D eigenvalue weighted by Crippen LogP contribution is 2.23. The Balaban J connectivity index is 1.97. The quantitative estimate of drug-likeness (QED) is 0.770. The second kappa shape index (κ2) is 8.96. The van der Waals surface area contributed by atoms with Crippen LogP contribution in [0, 0.1) is 0 Å². The molecule has 26 heavy (non-hydrogen) atoms. The van der Waals surface area contributed by atoms with Crippen molar-refractivity contribution in [2.45, 2.75) is 24.6 Å². The molecule has 2 aromatic rings. The average molecular weight is 375 g/mol. The van der Waals surface area contributed by atoms with Gasteiger partial charge < -0.3 is 10.2 Å². The molecule has 0 aliphatic rings. The number of amides is 1. The lowest BCUT2D eigenvalue weighted by molar-refractivity contribution is -0.116. The fraction of sp³-hybridized carbons (Fsp3) is 0.350. The highest BCUT2D eigenvalue weighted by Gasteiger charge is 2.15. The lowest BCUT2D eigenvalue weighted by Gasteiger charge is -2.24. The minimum absolute atomic E-state index is 0.0343. The van der Waals surface area contributed by atoms with Crippen molar-refractivity contribution in [2.24, 2.45) is 0 Å². The van der Waals surface area contributed by atoms with E-state index in [4.69, 9.17) is 0 Å². The van der Waals surface area contributed by atoms with Gasteiger partial charge in [-0.2, -0.15) is 0 Å². The summed E-state index contributed by atoms with van der Waals surface area (Å²) in [5.74, 6) is -0.114. The van der Waals surface area contributed by atoms with Crippen LogP contribution in [0.5, 0.6) is 0 Å². The van der Waals surface area contributed by atoms with Crippen LogP contribution in [0.15, 0.2) is 54.6 Å². The second-order valence-corrected chi connectivity index (χ2v) is 8.89. The summed E-state index contributed by atoms with van der Waals surface area (Å²) in [6, 6.07) is 17.2. The number of nitrogens with one attached hydrogen (secondary N) is 1. The number of rotatable bonds is 8. The van der Waals surface area contributed by atoms with E-state index in [0.717, 1.165) is 0 Å². The molecule has 2 rings (SSSR count). The summed E-state index contributed by atoms with van der Waals surface area (Å²) < 4.78 is 22.8. The first-order chi connectivity index (χ1) is 12.2. The standard InChI is InChI=1S/C20H26N2O3S/c1-22(2)19(17-9-5-4-6-10-17)12-13-20(23)21-18-11-7-8-16(14-18)15-26(3,24)25/h4-11,14,19H,12-13,15H2,1-3H3,(H,21,23). The van der Waals surface area contributed by atoms with Crippen LogP contribution in [0.25, 0.3) is 0 Å². The molecule has 0 aliphatic heterocycles. The number of anilines is 1. The average Bonchev–Trinajstić information content (AvgIpc) is 2.54. The predicted octanol–water partition coefficient (Wildman–Crippen LogP) is 3.25. The molecule has 1 N–H and O–H groups in total. The van der Waals surface area contributed by atoms with Crippen molar-refractivity contribution in [3.05, 3.63) is 65.7 Å². The molecule has 0 aliphatic carbocycles. The van der Waals surface area contributed by atoms with E-state index in [1.165, 1.54) is 11.8 Å². The summed E-state index contributed by atoms with van der Waals surface area (Å²) in [5, 5.41) is 2.86. The number of hydrogen-bond acceptors (Lipinski definition) is 4. The normalized spacial score (nSPS) is 12.8. The maximum Gasteiger partial charge on any atom is 0.224 e. The molecule has 1 atom stereocenters. The number of sulfone groups is 1. The first-order valence-electron chi connectivity index (χ1n) is 8.52. The molecule has 5 nitrogen and oxygen atoms in total. The third-order valence-electron chi connectivity index (χ3n) is 4.09. The zero-order valence-electron chi connectivity index (χ0n) is 15.5. The first kappa shape index (κ1) is 20.1. The van der Waals surface area contributed by atoms with Gasteiger partial charge in [-0.05, 0) is 43.8 Å². The van der Waals surface area contributed by atoms with Crippen molar-refractivity contribution in [1.82, 2.24) is 4.90 Å². The molecule has 1 amide bonds. The van der Waals surface area contributed by atoms with Crippen molar-refractivity contribution in [3.8, 4) is 0 Å². The molecule has 0 saturated heterocycles. The van der Waals surface area contributed by atoms with Gasteiger partial charge in [0.25, 0.3) is 0 Å². The molecule has 140 valence electrons. The third kappa shape index (κ3) is 6.61. The summed E-state index contributed by atoms with van der Waals surface area (Å²) in [7, 11) is 0.906. The van der Waals surface area contributed by atoms with E-state index in [1.807, 2.05) is 32.3 Å². The summed E-state index contributed by atoms with van der Waals surface area (Å²) in [6.45, 7) is 0. The Bertz CT molecular complexity index is 833.